The van der Waals surface area contributed by atoms with Gasteiger partial charge in [0.1, 0.15) is 0 Å². The van der Waals surface area contributed by atoms with Gasteiger partial charge in [0.05, 0.1) is 23.9 Å². The van der Waals surface area contributed by atoms with Crippen molar-refractivity contribution in [1.29, 1.82) is 0 Å². The van der Waals surface area contributed by atoms with Gasteiger partial charge in [-0.15, -0.1) is 0 Å². The Morgan fingerprint density at radius 3 is 0.703 bits per heavy atom. The average molecular weight is 632 g/mol. The van der Waals surface area contributed by atoms with Crippen LogP contribution in [0.3, 0.4) is 0 Å². The van der Waals surface area contributed by atoms with Crippen LogP contribution in [0.1, 0.15) is 0 Å². The number of hydrogen-bond donors (Lipinski definition) is 6. The second kappa shape index (κ2) is 36.9. The van der Waals surface area contributed by atoms with Crippen LogP contribution in [-0.4, -0.2) is 113 Å². The van der Waals surface area contributed by atoms with Gasteiger partial charge in [-0.2, -0.15) is 0 Å². The fourth-order valence-electron chi connectivity index (χ4n) is 1.44. The Morgan fingerprint density at radius 2 is 0.622 bits per heavy atom. The Hall–Kier alpha value is -3.67. The molecule has 0 aromatic rings. The molecule has 0 amide bonds. The fourth-order valence-corrected chi connectivity index (χ4v) is 1.44. The Balaban J connectivity index is -0.0000000556. The molecule has 218 valence electrons. The molecule has 0 unspecified atom stereocenters. The van der Waals surface area contributed by atoms with E-state index in [-0.39, 0.29) is 73.1 Å². The number of nitrogens with two attached hydrogens (primary N) is 6. The molecule has 20 N–H and O–H groups in total. The molecule has 0 bridgehead atoms. The minimum Gasteiger partial charge on any atom is -0.652 e. The van der Waals surface area contributed by atoms with Gasteiger partial charge in [0.25, 0.3) is 0 Å². The third-order valence-corrected chi connectivity index (χ3v) is 2.14. The number of rotatable bonds is 11. The van der Waals surface area contributed by atoms with Crippen LogP contribution in [0.15, 0.2) is 0 Å². The zero-order valence-electron chi connectivity index (χ0n) is 19.1. The minimum absolute atomic E-state index is 0. The molecular formula is C13H32N8O15Zr. The average Bonchev–Trinajstić information content (AvgIpc) is 2.48. The van der Waals surface area contributed by atoms with E-state index < -0.39 is 56.2 Å². The summed E-state index contributed by atoms with van der Waals surface area (Å²) >= 11 is 0. The number of carboxylic acid groups (broad SMARTS) is 6. The maximum absolute atomic E-state index is 10.4. The Kier molecular flexibility index (Phi) is 58.7. The van der Waals surface area contributed by atoms with Crippen LogP contribution in [0, 0.1) is 0 Å². The van der Waals surface area contributed by atoms with Crippen LogP contribution >= 0.6 is 0 Å². The first-order valence-corrected chi connectivity index (χ1v) is 7.79. The van der Waals surface area contributed by atoms with Crippen LogP contribution in [0.4, 0.5) is 4.79 Å². The summed E-state index contributed by atoms with van der Waals surface area (Å²) in [6.45, 7) is -3.25. The molecule has 0 aliphatic rings. The van der Waals surface area contributed by atoms with Crippen molar-refractivity contribution in [3.05, 3.63) is 0 Å². The van der Waals surface area contributed by atoms with E-state index in [1.807, 2.05) is 0 Å². The number of hydrogen-bond acceptors (Lipinski definition) is 13. The molecule has 0 spiro atoms. The zero-order valence-corrected chi connectivity index (χ0v) is 21.5. The smallest absolute Gasteiger partial charge is 0.652 e. The molecule has 0 fully saturated rings. The van der Waals surface area contributed by atoms with E-state index in [0.717, 1.165) is 9.80 Å². The van der Waals surface area contributed by atoms with Crippen molar-refractivity contribution in [1.82, 2.24) is 9.80 Å². The van der Waals surface area contributed by atoms with Gasteiger partial charge >= 0.3 is 38.1 Å². The van der Waals surface area contributed by atoms with E-state index in [1.165, 1.54) is 0 Å². The van der Waals surface area contributed by atoms with Crippen molar-refractivity contribution >= 4 is 42.0 Å². The van der Waals surface area contributed by atoms with Crippen LogP contribution in [0.25, 0.3) is 0 Å². The van der Waals surface area contributed by atoms with Gasteiger partial charge in [0.2, 0.25) is 0 Å². The quantitative estimate of drug-likeness (QED) is 0.0909. The van der Waals surface area contributed by atoms with Crippen molar-refractivity contribution in [3.8, 4) is 0 Å². The number of aliphatic carboxylic acids is 4. The molecule has 23 nitrogen and oxygen atoms in total. The van der Waals surface area contributed by atoms with Crippen molar-refractivity contribution < 1.29 is 114 Å². The molecular weight excluding hydrogens is 599 g/mol. The minimum atomic E-state index is -2.33. The van der Waals surface area contributed by atoms with Gasteiger partial charge in [-0.3, -0.25) is 43.6 Å². The Bertz CT molecular complexity index is 547. The summed E-state index contributed by atoms with van der Waals surface area (Å²) in [5, 5.41) is 67.4. The molecule has 0 heterocycles. The summed E-state index contributed by atoms with van der Waals surface area (Å²) in [5.74, 6) is -6.29. The van der Waals surface area contributed by atoms with Crippen molar-refractivity contribution in [2.24, 2.45) is 22.9 Å². The molecule has 0 aliphatic heterocycles. The molecule has 0 aromatic heterocycles. The topological polar surface area (TPSA) is 511 Å². The SMILES string of the molecule is NC(N)=[NH2+].NC(N)=[NH2+].O.O.O.O.O=C([O-])CN(CCN(CC(=O)[O-])CC(=O)[O-])CC(=O)[O-].O=C([O-])[O-].[Zr+4]. The summed E-state index contributed by atoms with van der Waals surface area (Å²) in [5.41, 5.74) is 18.3. The molecule has 0 aliphatic carbocycles. The third-order valence-electron chi connectivity index (χ3n) is 2.14. The molecule has 0 saturated heterocycles. The molecule has 0 aromatic carbocycles. The predicted octanol–water partition coefficient (Wildman–Crippen LogP) is -19.1. The normalized spacial score (nSPS) is 7.73. The van der Waals surface area contributed by atoms with E-state index in [2.05, 4.69) is 33.8 Å². The van der Waals surface area contributed by atoms with E-state index in [4.69, 9.17) is 15.0 Å². The van der Waals surface area contributed by atoms with Crippen molar-refractivity contribution in [2.45, 2.75) is 0 Å². The molecule has 24 heteroatoms. The first kappa shape index (κ1) is 58.9. The number of guanidine groups is 2. The van der Waals surface area contributed by atoms with Gasteiger partial charge in [-0.25, -0.2) is 0 Å². The van der Waals surface area contributed by atoms with E-state index >= 15 is 0 Å². The van der Waals surface area contributed by atoms with Gasteiger partial charge in [0, 0.05) is 39.3 Å². The van der Waals surface area contributed by atoms with E-state index in [1.54, 1.807) is 0 Å². The zero-order chi connectivity index (χ0) is 26.4. The summed E-state index contributed by atoms with van der Waals surface area (Å²) in [7, 11) is 0. The van der Waals surface area contributed by atoms with Gasteiger partial charge in [0.15, 0.2) is 0 Å². The van der Waals surface area contributed by atoms with Gasteiger partial charge in [-0.05, 0) is 6.16 Å². The molecule has 0 rings (SSSR count). The summed E-state index contributed by atoms with van der Waals surface area (Å²) in [6.07, 6.45) is -2.33. The van der Waals surface area contributed by atoms with Crippen LogP contribution < -0.4 is 64.4 Å². The van der Waals surface area contributed by atoms with E-state index in [9.17, 15) is 39.6 Å². The van der Waals surface area contributed by atoms with Crippen LogP contribution in [0.2, 0.25) is 0 Å². The maximum Gasteiger partial charge on any atom is 4.00 e. The Labute approximate surface area is 227 Å². The van der Waals surface area contributed by atoms with Crippen LogP contribution in [0.5, 0.6) is 0 Å². The predicted molar refractivity (Wildman–Crippen MR) is 103 cm³/mol. The molecule has 0 radical (unpaired) electrons. The molecule has 0 atom stereocenters. The largest absolute Gasteiger partial charge is 4.00 e. The first-order chi connectivity index (χ1) is 14.4. The number of nitrogens with zero attached hydrogens (tertiary/aromatic N) is 2. The van der Waals surface area contributed by atoms with Crippen molar-refractivity contribution in [3.63, 3.8) is 0 Å². The number of carbonyl (C=O) groups excluding carboxylic acids is 5. The second-order valence-corrected chi connectivity index (χ2v) is 5.16. The molecule has 0 saturated carbocycles. The second-order valence-electron chi connectivity index (χ2n) is 5.16. The monoisotopic (exact) mass is 630 g/mol. The third kappa shape index (κ3) is 99.0. The summed E-state index contributed by atoms with van der Waals surface area (Å²) in [4.78, 5) is 51.8. The standard InChI is InChI=1S/C10H16N2O8.2CH5N3.CH2O3.4H2O.Zr/c13-7(14)3-11(4-8(15)16)1-2-12(5-9(17)18)6-10(19)20;3*2-1(3)4;;;;;/h1-6H2,(H,13,14)(H,15,16)(H,17,18)(H,19,20);2*(H5,2,3,4);(H2,2,3,4);4*1H2;/q;;;;;;;;+4/p-4. The number of carboxylic acids is 4. The fraction of sp³-hybridized carbons (Fsp3) is 0.462. The maximum atomic E-state index is 10.4. The summed E-state index contributed by atoms with van der Waals surface area (Å²) in [6, 6.07) is 0. The summed E-state index contributed by atoms with van der Waals surface area (Å²) < 4.78 is 0. The van der Waals surface area contributed by atoms with Crippen LogP contribution in [-0.2, 0) is 45.4 Å². The first-order valence-electron chi connectivity index (χ1n) is 7.79. The number of carbonyl (C=O) groups is 5. The Morgan fingerprint density at radius 1 is 0.514 bits per heavy atom. The van der Waals surface area contributed by atoms with Gasteiger partial charge in [-0.1, -0.05) is 0 Å². The molecule has 37 heavy (non-hydrogen) atoms. The van der Waals surface area contributed by atoms with Gasteiger partial charge < -0.3 is 76.5 Å². The van der Waals surface area contributed by atoms with E-state index in [0.29, 0.717) is 0 Å². The van der Waals surface area contributed by atoms with Crippen molar-refractivity contribution in [2.75, 3.05) is 39.3 Å².